The van der Waals surface area contributed by atoms with E-state index in [2.05, 4.69) is 25.0 Å². The molecule has 24 heavy (non-hydrogen) atoms. The molecule has 0 radical (unpaired) electrons. The van der Waals surface area contributed by atoms with Gasteiger partial charge in [0, 0.05) is 18.2 Å². The lowest BCUT2D eigenvalue weighted by Crippen LogP contribution is -2.33. The number of fused-ring (bicyclic) bond motifs is 1. The summed E-state index contributed by atoms with van der Waals surface area (Å²) in [5.41, 5.74) is 6.97. The van der Waals surface area contributed by atoms with E-state index in [1.165, 1.54) is 0 Å². The summed E-state index contributed by atoms with van der Waals surface area (Å²) in [6, 6.07) is 7.84. The molecule has 3 aromatic rings. The number of para-hydroxylation sites is 1. The molecular formula is C17H20N6O. The zero-order valence-corrected chi connectivity index (χ0v) is 13.6. The first-order chi connectivity index (χ1) is 11.7. The maximum Gasteiger partial charge on any atom is 0.223 e. The van der Waals surface area contributed by atoms with Crippen molar-refractivity contribution in [3.8, 4) is 0 Å². The molecule has 0 amide bonds. The number of rotatable bonds is 3. The van der Waals surface area contributed by atoms with Crippen LogP contribution in [0.15, 0.2) is 28.8 Å². The van der Waals surface area contributed by atoms with E-state index in [-0.39, 0.29) is 0 Å². The number of nitrogens with zero attached hydrogens (tertiary/aromatic N) is 5. The number of nitrogen functional groups attached to an aromatic ring is 1. The van der Waals surface area contributed by atoms with Gasteiger partial charge in [0.1, 0.15) is 11.6 Å². The average Bonchev–Trinajstić information content (AvgIpc) is 3.02. The Morgan fingerprint density at radius 2 is 1.96 bits per heavy atom. The van der Waals surface area contributed by atoms with Gasteiger partial charge in [0.05, 0.1) is 12.1 Å². The van der Waals surface area contributed by atoms with Crippen molar-refractivity contribution in [3.63, 3.8) is 0 Å². The maximum atomic E-state index is 6.07. The van der Waals surface area contributed by atoms with Gasteiger partial charge < -0.3 is 10.3 Å². The van der Waals surface area contributed by atoms with Gasteiger partial charge in [-0.05, 0) is 38.1 Å². The van der Waals surface area contributed by atoms with Crippen LogP contribution in [0.4, 0.5) is 5.82 Å². The van der Waals surface area contributed by atoms with E-state index in [1.54, 1.807) is 0 Å². The Morgan fingerprint density at radius 1 is 1.17 bits per heavy atom. The lowest BCUT2D eigenvalue weighted by Gasteiger charge is -2.29. The molecule has 7 nitrogen and oxygen atoms in total. The van der Waals surface area contributed by atoms with Crippen LogP contribution in [-0.2, 0) is 6.54 Å². The van der Waals surface area contributed by atoms with Crippen LogP contribution >= 0.6 is 0 Å². The van der Waals surface area contributed by atoms with Crippen molar-refractivity contribution in [2.75, 3.05) is 18.8 Å². The molecule has 0 atom stereocenters. The van der Waals surface area contributed by atoms with Crippen LogP contribution in [0.2, 0.25) is 0 Å². The van der Waals surface area contributed by atoms with Crippen LogP contribution in [0.1, 0.15) is 36.3 Å². The van der Waals surface area contributed by atoms with Crippen molar-refractivity contribution in [1.82, 2.24) is 25.0 Å². The quantitative estimate of drug-likeness (QED) is 0.789. The molecule has 1 aliphatic heterocycles. The van der Waals surface area contributed by atoms with E-state index in [4.69, 9.17) is 10.3 Å². The minimum absolute atomic E-state index is 0.376. The van der Waals surface area contributed by atoms with Crippen molar-refractivity contribution >= 4 is 16.7 Å². The van der Waals surface area contributed by atoms with Gasteiger partial charge in [0.2, 0.25) is 5.89 Å². The molecule has 0 unspecified atom stereocenters. The van der Waals surface area contributed by atoms with Gasteiger partial charge in [-0.3, -0.25) is 4.90 Å². The van der Waals surface area contributed by atoms with Gasteiger partial charge in [-0.25, -0.2) is 9.97 Å². The second kappa shape index (κ2) is 6.16. The van der Waals surface area contributed by atoms with E-state index in [0.717, 1.165) is 48.5 Å². The number of anilines is 1. The molecule has 1 fully saturated rings. The highest BCUT2D eigenvalue weighted by Gasteiger charge is 2.24. The number of aryl methyl sites for hydroxylation is 1. The Bertz CT molecular complexity index is 853. The fourth-order valence-electron chi connectivity index (χ4n) is 3.25. The highest BCUT2D eigenvalue weighted by molar-refractivity contribution is 5.87. The number of aromatic nitrogens is 4. The van der Waals surface area contributed by atoms with Crippen molar-refractivity contribution in [1.29, 1.82) is 0 Å². The number of hydrogen-bond acceptors (Lipinski definition) is 7. The summed E-state index contributed by atoms with van der Waals surface area (Å²) in [5, 5.41) is 4.96. The number of benzene rings is 1. The standard InChI is InChI=1S/C17H20N6O/c1-11-19-17(22-24-11)12-6-8-23(9-7-12)10-15-20-14-5-3-2-4-13(14)16(18)21-15/h2-5,12H,6-10H2,1H3,(H2,18,20,21). The summed E-state index contributed by atoms with van der Waals surface area (Å²) in [6.07, 6.45) is 2.03. The molecule has 3 heterocycles. The molecule has 2 N–H and O–H groups in total. The molecule has 1 aliphatic rings. The predicted molar refractivity (Wildman–Crippen MR) is 90.2 cm³/mol. The van der Waals surface area contributed by atoms with Crippen LogP contribution in [0.3, 0.4) is 0 Å². The topological polar surface area (TPSA) is 94.0 Å². The summed E-state index contributed by atoms with van der Waals surface area (Å²) in [4.78, 5) is 15.8. The molecule has 0 saturated carbocycles. The molecular weight excluding hydrogens is 304 g/mol. The Kier molecular flexibility index (Phi) is 3.86. The van der Waals surface area contributed by atoms with Gasteiger partial charge in [-0.2, -0.15) is 4.98 Å². The minimum atomic E-state index is 0.376. The lowest BCUT2D eigenvalue weighted by molar-refractivity contribution is 0.196. The van der Waals surface area contributed by atoms with Crippen LogP contribution in [0, 0.1) is 6.92 Å². The number of likely N-dealkylation sites (tertiary alicyclic amines) is 1. The lowest BCUT2D eigenvalue weighted by atomic mass is 9.96. The monoisotopic (exact) mass is 324 g/mol. The van der Waals surface area contributed by atoms with E-state index in [1.807, 2.05) is 31.2 Å². The molecule has 0 spiro atoms. The molecule has 0 bridgehead atoms. The smallest absolute Gasteiger partial charge is 0.223 e. The second-order valence-electron chi connectivity index (χ2n) is 6.26. The molecule has 1 aromatic carbocycles. The minimum Gasteiger partial charge on any atom is -0.383 e. The summed E-state index contributed by atoms with van der Waals surface area (Å²) in [7, 11) is 0. The van der Waals surface area contributed by atoms with Crippen molar-refractivity contribution in [3.05, 3.63) is 41.8 Å². The van der Waals surface area contributed by atoms with Crippen molar-refractivity contribution in [2.45, 2.75) is 32.2 Å². The molecule has 1 saturated heterocycles. The summed E-state index contributed by atoms with van der Waals surface area (Å²) in [6.45, 7) is 4.48. The van der Waals surface area contributed by atoms with Gasteiger partial charge in [-0.1, -0.05) is 17.3 Å². The number of nitrogens with two attached hydrogens (primary N) is 1. The van der Waals surface area contributed by atoms with Crippen LogP contribution in [0.25, 0.3) is 10.9 Å². The van der Waals surface area contributed by atoms with Gasteiger partial charge >= 0.3 is 0 Å². The van der Waals surface area contributed by atoms with Crippen molar-refractivity contribution < 1.29 is 4.52 Å². The van der Waals surface area contributed by atoms with E-state index >= 15 is 0 Å². The Labute approximate surface area is 139 Å². The van der Waals surface area contributed by atoms with E-state index < -0.39 is 0 Å². The Morgan fingerprint density at radius 3 is 2.71 bits per heavy atom. The normalized spacial score (nSPS) is 16.7. The Hall–Kier alpha value is -2.54. The molecule has 0 aliphatic carbocycles. The summed E-state index contributed by atoms with van der Waals surface area (Å²) >= 11 is 0. The second-order valence-corrected chi connectivity index (χ2v) is 6.26. The first kappa shape index (κ1) is 15.0. The highest BCUT2D eigenvalue weighted by atomic mass is 16.5. The summed E-state index contributed by atoms with van der Waals surface area (Å²) in [5.74, 6) is 3.17. The third kappa shape index (κ3) is 2.94. The maximum absolute atomic E-state index is 6.07. The van der Waals surface area contributed by atoms with Gasteiger partial charge in [0.15, 0.2) is 5.82 Å². The SMILES string of the molecule is Cc1nc(C2CCN(Cc3nc(N)c4ccccc4n3)CC2)no1. The van der Waals surface area contributed by atoms with Gasteiger partial charge in [-0.15, -0.1) is 0 Å². The predicted octanol–water partition coefficient (Wildman–Crippen LogP) is 2.28. The Balaban J connectivity index is 1.43. The molecule has 7 heteroatoms. The van der Waals surface area contributed by atoms with Crippen LogP contribution in [0.5, 0.6) is 0 Å². The fourth-order valence-corrected chi connectivity index (χ4v) is 3.25. The van der Waals surface area contributed by atoms with E-state index in [0.29, 0.717) is 24.2 Å². The zero-order valence-electron chi connectivity index (χ0n) is 13.6. The van der Waals surface area contributed by atoms with Crippen LogP contribution < -0.4 is 5.73 Å². The van der Waals surface area contributed by atoms with Gasteiger partial charge in [0.25, 0.3) is 0 Å². The van der Waals surface area contributed by atoms with Crippen LogP contribution in [-0.4, -0.2) is 38.1 Å². The van der Waals surface area contributed by atoms with Crippen molar-refractivity contribution in [2.24, 2.45) is 0 Å². The third-order valence-corrected chi connectivity index (χ3v) is 4.54. The zero-order chi connectivity index (χ0) is 16.5. The highest BCUT2D eigenvalue weighted by Crippen LogP contribution is 2.26. The largest absolute Gasteiger partial charge is 0.383 e. The number of piperidine rings is 1. The number of hydrogen-bond donors (Lipinski definition) is 1. The molecule has 124 valence electrons. The summed E-state index contributed by atoms with van der Waals surface area (Å²) < 4.78 is 5.09. The molecule has 4 rings (SSSR count). The first-order valence-corrected chi connectivity index (χ1v) is 8.23. The first-order valence-electron chi connectivity index (χ1n) is 8.23. The fraction of sp³-hybridized carbons (Fsp3) is 0.412. The molecule has 2 aromatic heterocycles. The van der Waals surface area contributed by atoms with E-state index in [9.17, 15) is 0 Å². The average molecular weight is 324 g/mol. The third-order valence-electron chi connectivity index (χ3n) is 4.54.